The van der Waals surface area contributed by atoms with Crippen molar-refractivity contribution in [2.45, 2.75) is 0 Å². The number of nitrogen functional groups attached to an aromatic ring is 1. The Morgan fingerprint density at radius 1 is 1.23 bits per heavy atom. The van der Waals surface area contributed by atoms with Gasteiger partial charge in [-0.1, -0.05) is 18.2 Å². The Bertz CT molecular complexity index is 380. The van der Waals surface area contributed by atoms with Gasteiger partial charge in [0.25, 0.3) is 0 Å². The van der Waals surface area contributed by atoms with Crippen molar-refractivity contribution >= 4 is 5.95 Å². The van der Waals surface area contributed by atoms with Crippen LogP contribution in [0, 0.1) is 0 Å². The van der Waals surface area contributed by atoms with Crippen LogP contribution in [0.4, 0.5) is 5.95 Å². The number of benzene rings is 1. The number of rotatable bonds is 2. The van der Waals surface area contributed by atoms with E-state index in [1.807, 2.05) is 41.1 Å². The van der Waals surface area contributed by atoms with Crippen molar-refractivity contribution in [3.8, 4) is 5.69 Å². The molecule has 0 fully saturated rings. The molecule has 1 heterocycles. The number of hydrogen-bond donors (Lipinski definition) is 2. The summed E-state index contributed by atoms with van der Waals surface area (Å²) in [6, 6.07) is 9.88. The lowest BCUT2D eigenvalue weighted by molar-refractivity contribution is 1.04. The van der Waals surface area contributed by atoms with Crippen LogP contribution in [0.5, 0.6) is 0 Å². The molecule has 3 N–H and O–H groups in total. The lowest BCUT2D eigenvalue weighted by Gasteiger charge is -2.05. The first-order chi connectivity index (χ1) is 6.42. The Kier molecular flexibility index (Phi) is 1.97. The third-order valence-corrected chi connectivity index (χ3v) is 1.80. The summed E-state index contributed by atoms with van der Waals surface area (Å²) >= 11 is 0. The summed E-state index contributed by atoms with van der Waals surface area (Å²) in [5, 5.41) is 0. The normalized spacial score (nSPS) is 9.92. The molecule has 4 heteroatoms. The van der Waals surface area contributed by atoms with Gasteiger partial charge in [-0.05, 0) is 12.1 Å². The minimum atomic E-state index is 0.631. The molecule has 13 heavy (non-hydrogen) atoms. The van der Waals surface area contributed by atoms with Crippen LogP contribution in [0.1, 0.15) is 0 Å². The van der Waals surface area contributed by atoms with Crippen molar-refractivity contribution in [3.05, 3.63) is 42.7 Å². The van der Waals surface area contributed by atoms with Gasteiger partial charge in [0.05, 0.1) is 0 Å². The number of imidazole rings is 1. The summed E-state index contributed by atoms with van der Waals surface area (Å²) in [6.07, 6.45) is 3.55. The highest BCUT2D eigenvalue weighted by Crippen LogP contribution is 2.12. The topological polar surface area (TPSA) is 55.9 Å². The van der Waals surface area contributed by atoms with Gasteiger partial charge in [-0.3, -0.25) is 9.99 Å². The number of nitrogens with one attached hydrogen (secondary N) is 1. The molecule has 4 nitrogen and oxygen atoms in total. The van der Waals surface area contributed by atoms with Crippen molar-refractivity contribution in [1.29, 1.82) is 0 Å². The predicted octanol–water partition coefficient (Wildman–Crippen LogP) is 1.16. The van der Waals surface area contributed by atoms with Crippen molar-refractivity contribution in [1.82, 2.24) is 9.55 Å². The largest absolute Gasteiger partial charge is 0.293 e. The van der Waals surface area contributed by atoms with Crippen LogP contribution in [0.3, 0.4) is 0 Å². The third kappa shape index (κ3) is 1.39. The van der Waals surface area contributed by atoms with Crippen LogP contribution in [0.2, 0.25) is 0 Å². The molecule has 0 bridgehead atoms. The first-order valence-electron chi connectivity index (χ1n) is 3.97. The molecule has 2 aromatic rings. The Morgan fingerprint density at radius 3 is 2.69 bits per heavy atom. The van der Waals surface area contributed by atoms with Gasteiger partial charge in [0.15, 0.2) is 0 Å². The van der Waals surface area contributed by atoms with E-state index in [-0.39, 0.29) is 0 Å². The number of hydrazine groups is 1. The summed E-state index contributed by atoms with van der Waals surface area (Å²) in [4.78, 5) is 4.04. The van der Waals surface area contributed by atoms with Crippen LogP contribution in [-0.4, -0.2) is 9.55 Å². The maximum Gasteiger partial charge on any atom is 0.221 e. The fraction of sp³-hybridized carbons (Fsp3) is 0. The highest BCUT2D eigenvalue weighted by Gasteiger charge is 2.00. The van der Waals surface area contributed by atoms with Gasteiger partial charge in [0, 0.05) is 18.1 Å². The van der Waals surface area contributed by atoms with E-state index >= 15 is 0 Å². The van der Waals surface area contributed by atoms with Crippen LogP contribution < -0.4 is 11.3 Å². The van der Waals surface area contributed by atoms with Gasteiger partial charge >= 0.3 is 0 Å². The molecule has 0 spiro atoms. The Labute approximate surface area is 76.0 Å². The Hall–Kier alpha value is -1.81. The fourth-order valence-electron chi connectivity index (χ4n) is 1.21. The highest BCUT2D eigenvalue weighted by atomic mass is 15.3. The van der Waals surface area contributed by atoms with E-state index < -0.39 is 0 Å². The van der Waals surface area contributed by atoms with E-state index in [4.69, 9.17) is 5.84 Å². The summed E-state index contributed by atoms with van der Waals surface area (Å²) in [5.41, 5.74) is 3.56. The number of aromatic nitrogens is 2. The molecule has 1 aromatic heterocycles. The SMILES string of the molecule is NNc1nccn1-c1ccccc1. The molecule has 0 aliphatic carbocycles. The molecule has 0 radical (unpaired) electrons. The summed E-state index contributed by atoms with van der Waals surface area (Å²) in [6.45, 7) is 0. The van der Waals surface area contributed by atoms with E-state index in [1.54, 1.807) is 6.20 Å². The smallest absolute Gasteiger partial charge is 0.221 e. The molecule has 0 atom stereocenters. The minimum absolute atomic E-state index is 0.631. The maximum atomic E-state index is 5.30. The Balaban J connectivity index is 2.47. The predicted molar refractivity (Wildman–Crippen MR) is 51.4 cm³/mol. The van der Waals surface area contributed by atoms with Gasteiger partial charge < -0.3 is 0 Å². The summed E-state index contributed by atoms with van der Waals surface area (Å²) in [5.74, 6) is 5.93. The van der Waals surface area contributed by atoms with Gasteiger partial charge in [0.2, 0.25) is 5.95 Å². The number of nitrogens with zero attached hydrogens (tertiary/aromatic N) is 2. The second-order valence-electron chi connectivity index (χ2n) is 2.60. The van der Waals surface area contributed by atoms with E-state index in [0.29, 0.717) is 5.95 Å². The van der Waals surface area contributed by atoms with Crippen molar-refractivity contribution < 1.29 is 0 Å². The number of anilines is 1. The van der Waals surface area contributed by atoms with E-state index in [0.717, 1.165) is 5.69 Å². The average Bonchev–Trinajstić information content (AvgIpc) is 2.67. The maximum absolute atomic E-state index is 5.30. The van der Waals surface area contributed by atoms with Gasteiger partial charge in [-0.25, -0.2) is 10.8 Å². The molecule has 0 saturated heterocycles. The quantitative estimate of drug-likeness (QED) is 0.530. The molecule has 0 unspecified atom stereocenters. The van der Waals surface area contributed by atoms with Gasteiger partial charge in [-0.15, -0.1) is 0 Å². The first kappa shape index (κ1) is 7.82. The second kappa shape index (κ2) is 3.28. The molecule has 0 saturated carbocycles. The first-order valence-corrected chi connectivity index (χ1v) is 3.97. The molecule has 0 amide bonds. The number of hydrogen-bond acceptors (Lipinski definition) is 3. The molecular weight excluding hydrogens is 164 g/mol. The highest BCUT2D eigenvalue weighted by molar-refractivity contribution is 5.40. The zero-order valence-electron chi connectivity index (χ0n) is 7.01. The molecule has 66 valence electrons. The minimum Gasteiger partial charge on any atom is -0.293 e. The molecular formula is C9H10N4. The summed E-state index contributed by atoms with van der Waals surface area (Å²) in [7, 11) is 0. The van der Waals surface area contributed by atoms with Crippen LogP contribution in [0.25, 0.3) is 5.69 Å². The van der Waals surface area contributed by atoms with E-state index in [9.17, 15) is 0 Å². The second-order valence-corrected chi connectivity index (χ2v) is 2.60. The Morgan fingerprint density at radius 2 is 2.00 bits per heavy atom. The monoisotopic (exact) mass is 174 g/mol. The molecule has 1 aromatic carbocycles. The lowest BCUT2D eigenvalue weighted by Crippen LogP contribution is -2.11. The molecule has 2 rings (SSSR count). The molecule has 0 aliphatic rings. The van der Waals surface area contributed by atoms with Crippen LogP contribution in [-0.2, 0) is 0 Å². The standard InChI is InChI=1S/C9H10N4/c10-12-9-11-6-7-13(9)8-4-2-1-3-5-8/h1-7H,10H2,(H,11,12). The zero-order chi connectivity index (χ0) is 9.10. The zero-order valence-corrected chi connectivity index (χ0v) is 7.01. The van der Waals surface area contributed by atoms with Gasteiger partial charge in [-0.2, -0.15) is 0 Å². The van der Waals surface area contributed by atoms with E-state index in [2.05, 4.69) is 10.4 Å². The molecule has 0 aliphatic heterocycles. The number of nitrogens with two attached hydrogens (primary N) is 1. The van der Waals surface area contributed by atoms with E-state index in [1.165, 1.54) is 0 Å². The lowest BCUT2D eigenvalue weighted by atomic mass is 10.3. The van der Waals surface area contributed by atoms with Gasteiger partial charge in [0.1, 0.15) is 0 Å². The average molecular weight is 174 g/mol. The fourth-order valence-corrected chi connectivity index (χ4v) is 1.21. The van der Waals surface area contributed by atoms with Crippen LogP contribution in [0.15, 0.2) is 42.7 Å². The van der Waals surface area contributed by atoms with Crippen molar-refractivity contribution in [3.63, 3.8) is 0 Å². The van der Waals surface area contributed by atoms with Crippen molar-refractivity contribution in [2.75, 3.05) is 5.43 Å². The van der Waals surface area contributed by atoms with Crippen molar-refractivity contribution in [2.24, 2.45) is 5.84 Å². The third-order valence-electron chi connectivity index (χ3n) is 1.80. The number of para-hydroxylation sites is 1. The van der Waals surface area contributed by atoms with Crippen LogP contribution >= 0.6 is 0 Å². The summed E-state index contributed by atoms with van der Waals surface area (Å²) < 4.78 is 1.88.